The second kappa shape index (κ2) is 65.1. The van der Waals surface area contributed by atoms with Gasteiger partial charge >= 0.3 is 17.9 Å². The Morgan fingerprint density at radius 1 is 0.273 bits per heavy atom. The molecule has 0 fully saturated rings. The molecule has 0 aliphatic heterocycles. The minimum Gasteiger partial charge on any atom is -0.462 e. The number of hydrogen-bond donors (Lipinski definition) is 0. The van der Waals surface area contributed by atoms with Gasteiger partial charge in [-0.05, 0) is 77.0 Å². The molecule has 0 saturated heterocycles. The molecule has 6 nitrogen and oxygen atoms in total. The van der Waals surface area contributed by atoms with Crippen molar-refractivity contribution in [1.29, 1.82) is 0 Å². The zero-order valence-electron chi connectivity index (χ0n) is 51.0. The van der Waals surface area contributed by atoms with Crippen LogP contribution in [0.3, 0.4) is 0 Å². The maximum atomic E-state index is 12.8. The highest BCUT2D eigenvalue weighted by molar-refractivity contribution is 5.71. The van der Waals surface area contributed by atoms with Gasteiger partial charge in [-0.25, -0.2) is 0 Å². The Morgan fingerprint density at radius 3 is 0.792 bits per heavy atom. The number of esters is 3. The summed E-state index contributed by atoms with van der Waals surface area (Å²) in [6.07, 6.45) is 86.1. The lowest BCUT2D eigenvalue weighted by molar-refractivity contribution is -0.167. The summed E-state index contributed by atoms with van der Waals surface area (Å²) in [7, 11) is 0. The van der Waals surface area contributed by atoms with Crippen LogP contribution < -0.4 is 0 Å². The van der Waals surface area contributed by atoms with Gasteiger partial charge in [0.25, 0.3) is 0 Å². The van der Waals surface area contributed by atoms with Gasteiger partial charge in [-0.2, -0.15) is 0 Å². The number of carbonyl (C=O) groups excluding carboxylic acids is 3. The summed E-state index contributed by atoms with van der Waals surface area (Å²) in [6.45, 7) is 6.55. The molecule has 0 aromatic carbocycles. The van der Waals surface area contributed by atoms with E-state index in [1.54, 1.807) is 0 Å². The van der Waals surface area contributed by atoms with E-state index in [9.17, 15) is 14.4 Å². The van der Waals surface area contributed by atoms with Crippen molar-refractivity contribution in [3.05, 3.63) is 85.1 Å². The Balaban J connectivity index is 4.09. The van der Waals surface area contributed by atoms with Gasteiger partial charge in [-0.15, -0.1) is 0 Å². The van der Waals surface area contributed by atoms with Gasteiger partial charge in [0.2, 0.25) is 0 Å². The lowest BCUT2D eigenvalue weighted by Crippen LogP contribution is -2.30. The molecular weight excluding hydrogens is 949 g/mol. The number of carbonyl (C=O) groups is 3. The van der Waals surface area contributed by atoms with Crippen molar-refractivity contribution in [3.63, 3.8) is 0 Å². The summed E-state index contributed by atoms with van der Waals surface area (Å²) in [5.41, 5.74) is 0. The van der Waals surface area contributed by atoms with Gasteiger partial charge in [0.15, 0.2) is 6.10 Å². The van der Waals surface area contributed by atoms with E-state index >= 15 is 0 Å². The van der Waals surface area contributed by atoms with Crippen LogP contribution in [0, 0.1) is 0 Å². The molecule has 0 N–H and O–H groups in total. The molecule has 0 bridgehead atoms. The Labute approximate surface area is 477 Å². The first-order valence-corrected chi connectivity index (χ1v) is 33.1. The molecule has 0 amide bonds. The summed E-state index contributed by atoms with van der Waals surface area (Å²) < 4.78 is 16.9. The maximum Gasteiger partial charge on any atom is 0.306 e. The van der Waals surface area contributed by atoms with Gasteiger partial charge in [0.1, 0.15) is 13.2 Å². The molecule has 0 aromatic heterocycles. The molecule has 0 aliphatic carbocycles. The summed E-state index contributed by atoms with van der Waals surface area (Å²) in [5.74, 6) is -0.856. The number of ether oxygens (including phenoxy) is 3. The van der Waals surface area contributed by atoms with Crippen LogP contribution in [0.5, 0.6) is 0 Å². The van der Waals surface area contributed by atoms with Crippen molar-refractivity contribution in [2.45, 2.75) is 335 Å². The van der Waals surface area contributed by atoms with Crippen LogP contribution in [0.2, 0.25) is 0 Å². The smallest absolute Gasteiger partial charge is 0.306 e. The summed E-state index contributed by atoms with van der Waals surface area (Å²) in [5, 5.41) is 0. The van der Waals surface area contributed by atoms with Crippen LogP contribution in [0.25, 0.3) is 0 Å². The topological polar surface area (TPSA) is 78.9 Å². The van der Waals surface area contributed by atoms with Crippen molar-refractivity contribution >= 4 is 17.9 Å². The highest BCUT2D eigenvalue weighted by Gasteiger charge is 2.19. The predicted octanol–water partition coefficient (Wildman–Crippen LogP) is 22.7. The normalized spacial score (nSPS) is 12.6. The fourth-order valence-corrected chi connectivity index (χ4v) is 9.48. The molecule has 77 heavy (non-hydrogen) atoms. The quantitative estimate of drug-likeness (QED) is 0.0261. The Kier molecular flexibility index (Phi) is 62.2. The fraction of sp³-hybridized carbons (Fsp3) is 0.761. The molecule has 0 aromatic rings. The molecule has 1 unspecified atom stereocenters. The highest BCUT2D eigenvalue weighted by Crippen LogP contribution is 2.17. The second-order valence-electron chi connectivity index (χ2n) is 22.0. The first kappa shape index (κ1) is 73.6. The average Bonchev–Trinajstić information content (AvgIpc) is 3.43. The standard InChI is InChI=1S/C71H124O6/c1-4-7-10-13-16-19-22-25-26-27-28-29-30-31-32-33-34-35-36-37-38-39-40-41-42-43-44-45-46-47-50-52-55-58-61-64-70(73)76-67-68(77-71(74)65-62-59-56-53-49-24-21-18-15-12-9-6-3)66-75-69(72)63-60-57-54-51-48-23-20-17-14-11-8-5-2/h7,10,16,19,25-26,28-29,31-32,34-35,37-38,68H,4-6,8-9,11-15,17-18,20-24,27,30,33,36,39-67H2,1-3H3/b10-7-,19-16-,26-25-,29-28-,32-31-,35-34-,38-37-. The molecule has 1 atom stereocenters. The van der Waals surface area contributed by atoms with Crippen molar-refractivity contribution in [2.75, 3.05) is 13.2 Å². The number of hydrogen-bond acceptors (Lipinski definition) is 6. The lowest BCUT2D eigenvalue weighted by Gasteiger charge is -2.18. The molecule has 0 aliphatic rings. The van der Waals surface area contributed by atoms with Gasteiger partial charge in [-0.3, -0.25) is 14.4 Å². The molecule has 0 radical (unpaired) electrons. The van der Waals surface area contributed by atoms with Crippen molar-refractivity contribution in [2.24, 2.45) is 0 Å². The third-order valence-corrected chi connectivity index (χ3v) is 14.4. The summed E-state index contributed by atoms with van der Waals surface area (Å²) in [4.78, 5) is 38.2. The summed E-state index contributed by atoms with van der Waals surface area (Å²) >= 11 is 0. The third kappa shape index (κ3) is 63.3. The third-order valence-electron chi connectivity index (χ3n) is 14.4. The average molecular weight is 1070 g/mol. The van der Waals surface area contributed by atoms with Gasteiger partial charge in [0, 0.05) is 19.3 Å². The summed E-state index contributed by atoms with van der Waals surface area (Å²) in [6, 6.07) is 0. The van der Waals surface area contributed by atoms with Gasteiger partial charge in [-0.1, -0.05) is 318 Å². The zero-order valence-corrected chi connectivity index (χ0v) is 51.0. The second-order valence-corrected chi connectivity index (χ2v) is 22.0. The van der Waals surface area contributed by atoms with Crippen LogP contribution in [0.15, 0.2) is 85.1 Å². The first-order valence-electron chi connectivity index (χ1n) is 33.1. The van der Waals surface area contributed by atoms with E-state index in [1.165, 1.54) is 186 Å². The lowest BCUT2D eigenvalue weighted by atomic mass is 10.0. The zero-order chi connectivity index (χ0) is 55.7. The molecule has 0 saturated carbocycles. The van der Waals surface area contributed by atoms with Crippen LogP contribution in [0.4, 0.5) is 0 Å². The first-order chi connectivity index (χ1) is 38.0. The molecule has 0 heterocycles. The van der Waals surface area contributed by atoms with Crippen LogP contribution in [-0.2, 0) is 28.6 Å². The largest absolute Gasteiger partial charge is 0.462 e. The van der Waals surface area contributed by atoms with Crippen molar-refractivity contribution in [3.8, 4) is 0 Å². The van der Waals surface area contributed by atoms with Gasteiger partial charge in [0.05, 0.1) is 0 Å². The molecule has 6 heteroatoms. The van der Waals surface area contributed by atoms with Crippen molar-refractivity contribution < 1.29 is 28.6 Å². The van der Waals surface area contributed by atoms with E-state index in [0.29, 0.717) is 19.3 Å². The minimum absolute atomic E-state index is 0.0698. The molecule has 0 rings (SSSR count). The predicted molar refractivity (Wildman–Crippen MR) is 334 cm³/mol. The maximum absolute atomic E-state index is 12.8. The molecular formula is C71H124O6. The van der Waals surface area contributed by atoms with E-state index in [1.807, 2.05) is 0 Å². The SMILES string of the molecule is CC/C=C\C/C=C\C/C=C\C/C=C\C/C=C\C/C=C\C/C=C\CCCCCCCCCCCCCCCC(=O)OCC(COC(=O)CCCCCCCCCCCCCC)OC(=O)CCCCCCCCCCCCCC. The monoisotopic (exact) mass is 1070 g/mol. The van der Waals surface area contributed by atoms with Gasteiger partial charge < -0.3 is 14.2 Å². The Bertz CT molecular complexity index is 1470. The fourth-order valence-electron chi connectivity index (χ4n) is 9.48. The van der Waals surface area contributed by atoms with Crippen LogP contribution in [0.1, 0.15) is 329 Å². The van der Waals surface area contributed by atoms with Crippen molar-refractivity contribution in [1.82, 2.24) is 0 Å². The Morgan fingerprint density at radius 2 is 0.506 bits per heavy atom. The number of rotatable bonds is 60. The minimum atomic E-state index is -0.771. The highest BCUT2D eigenvalue weighted by atomic mass is 16.6. The van der Waals surface area contributed by atoms with E-state index < -0.39 is 6.10 Å². The molecule has 444 valence electrons. The number of allylic oxidation sites excluding steroid dienone is 14. The van der Waals surface area contributed by atoms with E-state index in [0.717, 1.165) is 103 Å². The van der Waals surface area contributed by atoms with Crippen LogP contribution in [-0.4, -0.2) is 37.2 Å². The number of unbranched alkanes of at least 4 members (excludes halogenated alkanes) is 35. The molecule has 0 spiro atoms. The van der Waals surface area contributed by atoms with Crippen LogP contribution >= 0.6 is 0 Å². The van der Waals surface area contributed by atoms with E-state index in [-0.39, 0.29) is 31.1 Å². The van der Waals surface area contributed by atoms with E-state index in [2.05, 4.69) is 106 Å². The Hall–Kier alpha value is -3.41. The van der Waals surface area contributed by atoms with E-state index in [4.69, 9.17) is 14.2 Å².